The lowest BCUT2D eigenvalue weighted by Crippen LogP contribution is -2.22. The zero-order valence-electron chi connectivity index (χ0n) is 13.1. The Morgan fingerprint density at radius 2 is 1.47 bits per heavy atom. The van der Waals surface area contributed by atoms with Gasteiger partial charge >= 0.3 is 0 Å². The van der Waals surface area contributed by atoms with E-state index in [-0.39, 0.29) is 0 Å². The molecule has 0 N–H and O–H groups in total. The minimum absolute atomic E-state index is 0.963. The van der Waals surface area contributed by atoms with Gasteiger partial charge in [0, 0.05) is 0 Å². The zero-order chi connectivity index (χ0) is 13.1. The maximum atomic E-state index is 2.44. The van der Waals surface area contributed by atoms with E-state index in [1.807, 2.05) is 0 Å². The van der Waals surface area contributed by atoms with Gasteiger partial charge in [-0.15, -0.1) is 0 Å². The molecule has 1 rings (SSSR count). The van der Waals surface area contributed by atoms with Crippen molar-refractivity contribution in [2.24, 2.45) is 17.8 Å². The van der Waals surface area contributed by atoms with Gasteiger partial charge in [-0.25, -0.2) is 0 Å². The smallest absolute Gasteiger partial charge is 0.0363 e. The third kappa shape index (κ3) is 7.84. The summed E-state index contributed by atoms with van der Waals surface area (Å²) in [6.45, 7) is 11.7. The zero-order valence-corrected chi connectivity index (χ0v) is 13.1. The topological polar surface area (TPSA) is 0 Å². The molecule has 0 aromatic heterocycles. The quantitative estimate of drug-likeness (QED) is 0.485. The minimum Gasteiger partial charge on any atom is -0.0654 e. The van der Waals surface area contributed by atoms with Crippen LogP contribution in [0.15, 0.2) is 0 Å². The van der Waals surface area contributed by atoms with Crippen molar-refractivity contribution in [2.45, 2.75) is 92.4 Å². The molecule has 17 heavy (non-hydrogen) atoms. The highest BCUT2D eigenvalue weighted by Gasteiger charge is 2.24. The normalized spacial score (nSPS) is 25.9. The summed E-state index contributed by atoms with van der Waals surface area (Å²) in [5.74, 6) is 3.00. The first-order chi connectivity index (χ1) is 8.17. The van der Waals surface area contributed by atoms with E-state index in [1.54, 1.807) is 0 Å². The predicted octanol–water partition coefficient (Wildman–Crippen LogP) is 6.45. The van der Waals surface area contributed by atoms with Crippen molar-refractivity contribution in [3.63, 3.8) is 0 Å². The molecule has 0 radical (unpaired) electrons. The number of rotatable bonds is 5. The minimum atomic E-state index is 0.963. The Bertz CT molecular complexity index is 142. The SMILES string of the molecule is CCC(C)C1CCCCC1C.CCCCCC. The summed E-state index contributed by atoms with van der Waals surface area (Å²) in [5.41, 5.74) is 0. The maximum Gasteiger partial charge on any atom is -0.0363 e. The van der Waals surface area contributed by atoms with Crippen molar-refractivity contribution in [3.8, 4) is 0 Å². The van der Waals surface area contributed by atoms with Crippen LogP contribution in [0.1, 0.15) is 92.4 Å². The van der Waals surface area contributed by atoms with Crippen LogP contribution in [0.2, 0.25) is 0 Å². The van der Waals surface area contributed by atoms with Crippen molar-refractivity contribution in [2.75, 3.05) is 0 Å². The molecular weight excluding hydrogens is 204 g/mol. The molecule has 0 spiro atoms. The van der Waals surface area contributed by atoms with Crippen molar-refractivity contribution < 1.29 is 0 Å². The molecule has 0 amide bonds. The summed E-state index contributed by atoms with van der Waals surface area (Å²) in [6, 6.07) is 0. The van der Waals surface area contributed by atoms with Crippen LogP contribution in [0.3, 0.4) is 0 Å². The van der Waals surface area contributed by atoms with Gasteiger partial charge in [-0.3, -0.25) is 0 Å². The second-order valence-corrected chi connectivity index (χ2v) is 6.02. The van der Waals surface area contributed by atoms with E-state index < -0.39 is 0 Å². The Morgan fingerprint density at radius 1 is 0.941 bits per heavy atom. The lowest BCUT2D eigenvalue weighted by Gasteiger charge is -2.33. The molecule has 0 bridgehead atoms. The molecule has 3 unspecified atom stereocenters. The highest BCUT2D eigenvalue weighted by Crippen LogP contribution is 2.35. The monoisotopic (exact) mass is 240 g/mol. The van der Waals surface area contributed by atoms with Crippen LogP contribution in [-0.2, 0) is 0 Å². The first-order valence-corrected chi connectivity index (χ1v) is 8.17. The summed E-state index contributed by atoms with van der Waals surface area (Å²) in [5, 5.41) is 0. The highest BCUT2D eigenvalue weighted by atomic mass is 14.3. The summed E-state index contributed by atoms with van der Waals surface area (Å²) in [6.07, 6.45) is 12.8. The van der Waals surface area contributed by atoms with Gasteiger partial charge in [0.25, 0.3) is 0 Å². The molecule has 0 aromatic rings. The van der Waals surface area contributed by atoms with Gasteiger partial charge in [0.2, 0.25) is 0 Å². The Kier molecular flexibility index (Phi) is 11.1. The van der Waals surface area contributed by atoms with Crippen LogP contribution in [-0.4, -0.2) is 0 Å². The predicted molar refractivity (Wildman–Crippen MR) is 80.4 cm³/mol. The van der Waals surface area contributed by atoms with Crippen molar-refractivity contribution >= 4 is 0 Å². The fourth-order valence-electron chi connectivity index (χ4n) is 2.99. The van der Waals surface area contributed by atoms with Gasteiger partial charge in [0.05, 0.1) is 0 Å². The number of unbranched alkanes of at least 4 members (excludes halogenated alkanes) is 3. The molecule has 104 valence electrons. The molecule has 0 heteroatoms. The van der Waals surface area contributed by atoms with Gasteiger partial charge in [-0.2, -0.15) is 0 Å². The van der Waals surface area contributed by atoms with Crippen LogP contribution >= 0.6 is 0 Å². The average Bonchev–Trinajstić information content (AvgIpc) is 2.37. The van der Waals surface area contributed by atoms with Gasteiger partial charge in [0.1, 0.15) is 0 Å². The van der Waals surface area contributed by atoms with E-state index in [2.05, 4.69) is 34.6 Å². The number of hydrogen-bond donors (Lipinski definition) is 0. The van der Waals surface area contributed by atoms with Crippen LogP contribution in [0.5, 0.6) is 0 Å². The summed E-state index contributed by atoms with van der Waals surface area (Å²) >= 11 is 0. The Balaban J connectivity index is 0.000000366. The lowest BCUT2D eigenvalue weighted by molar-refractivity contribution is 0.181. The number of hydrogen-bond acceptors (Lipinski definition) is 0. The molecule has 1 aliphatic carbocycles. The van der Waals surface area contributed by atoms with Crippen LogP contribution in [0, 0.1) is 17.8 Å². The van der Waals surface area contributed by atoms with Crippen molar-refractivity contribution in [1.29, 1.82) is 0 Å². The molecule has 0 saturated heterocycles. The van der Waals surface area contributed by atoms with Crippen LogP contribution in [0.4, 0.5) is 0 Å². The fraction of sp³-hybridized carbons (Fsp3) is 1.00. The van der Waals surface area contributed by atoms with Gasteiger partial charge in [-0.05, 0) is 24.2 Å². The first kappa shape index (κ1) is 17.0. The van der Waals surface area contributed by atoms with E-state index in [0.29, 0.717) is 0 Å². The third-order valence-electron chi connectivity index (χ3n) is 4.51. The van der Waals surface area contributed by atoms with E-state index in [1.165, 1.54) is 57.8 Å². The van der Waals surface area contributed by atoms with Crippen LogP contribution < -0.4 is 0 Å². The second kappa shape index (κ2) is 11.1. The maximum absolute atomic E-state index is 2.44. The molecule has 1 saturated carbocycles. The largest absolute Gasteiger partial charge is 0.0654 e. The lowest BCUT2D eigenvalue weighted by atomic mass is 9.73. The Morgan fingerprint density at radius 3 is 1.88 bits per heavy atom. The summed E-state index contributed by atoms with van der Waals surface area (Å²) in [7, 11) is 0. The summed E-state index contributed by atoms with van der Waals surface area (Å²) in [4.78, 5) is 0. The van der Waals surface area contributed by atoms with Crippen molar-refractivity contribution in [3.05, 3.63) is 0 Å². The van der Waals surface area contributed by atoms with E-state index in [0.717, 1.165) is 17.8 Å². The van der Waals surface area contributed by atoms with Gasteiger partial charge in [-0.1, -0.05) is 86.0 Å². The Hall–Kier alpha value is 0. The molecule has 3 atom stereocenters. The van der Waals surface area contributed by atoms with Crippen LogP contribution in [0.25, 0.3) is 0 Å². The van der Waals surface area contributed by atoms with E-state index in [9.17, 15) is 0 Å². The standard InChI is InChI=1S/C11H22.C6H14/c1-4-9(2)11-8-6-5-7-10(11)3;1-3-5-6-4-2/h9-11H,4-8H2,1-3H3;3-6H2,1-2H3. The molecule has 0 nitrogen and oxygen atoms in total. The van der Waals surface area contributed by atoms with Crippen molar-refractivity contribution in [1.82, 2.24) is 0 Å². The fourth-order valence-corrected chi connectivity index (χ4v) is 2.99. The first-order valence-electron chi connectivity index (χ1n) is 8.17. The average molecular weight is 240 g/mol. The van der Waals surface area contributed by atoms with Gasteiger partial charge < -0.3 is 0 Å². The van der Waals surface area contributed by atoms with E-state index >= 15 is 0 Å². The molecule has 1 fully saturated rings. The second-order valence-electron chi connectivity index (χ2n) is 6.02. The molecule has 0 aliphatic heterocycles. The molecular formula is C17H36. The molecule has 1 aliphatic rings. The van der Waals surface area contributed by atoms with Gasteiger partial charge in [0.15, 0.2) is 0 Å². The third-order valence-corrected chi connectivity index (χ3v) is 4.51. The molecule has 0 heterocycles. The highest BCUT2D eigenvalue weighted by molar-refractivity contribution is 4.75. The summed E-state index contributed by atoms with van der Waals surface area (Å²) < 4.78 is 0. The Labute approximate surface area is 111 Å². The van der Waals surface area contributed by atoms with E-state index in [4.69, 9.17) is 0 Å². The molecule has 0 aromatic carbocycles.